The van der Waals surface area contributed by atoms with Crippen LogP contribution in [0.5, 0.6) is 0 Å². The molecule has 0 bridgehead atoms. The highest BCUT2D eigenvalue weighted by Gasteiger charge is 2.16. The molecule has 0 aliphatic rings. The van der Waals surface area contributed by atoms with Crippen LogP contribution in [-0.4, -0.2) is 12.1 Å². The van der Waals surface area contributed by atoms with Gasteiger partial charge in [-0.3, -0.25) is 0 Å². The van der Waals surface area contributed by atoms with Gasteiger partial charge in [0.25, 0.3) is 0 Å². The second-order valence-electron chi connectivity index (χ2n) is 4.27. The Bertz CT molecular complexity index is 357. The number of unbranched alkanes of at least 4 members (excludes halogenated alkanes) is 1. The molecule has 0 spiro atoms. The lowest BCUT2D eigenvalue weighted by Gasteiger charge is -2.19. The molecule has 1 unspecified atom stereocenters. The van der Waals surface area contributed by atoms with Gasteiger partial charge in [0.2, 0.25) is 0 Å². The summed E-state index contributed by atoms with van der Waals surface area (Å²) in [5.74, 6) is 0. The molecule has 17 heavy (non-hydrogen) atoms. The minimum Gasteiger partial charge on any atom is -0.327 e. The van der Waals surface area contributed by atoms with Gasteiger partial charge in [-0.25, -0.2) is 0 Å². The van der Waals surface area contributed by atoms with E-state index >= 15 is 0 Å². The summed E-state index contributed by atoms with van der Waals surface area (Å²) in [5.41, 5.74) is 15.9. The van der Waals surface area contributed by atoms with Gasteiger partial charge in [0, 0.05) is 11.0 Å². The first-order chi connectivity index (χ1) is 8.27. The number of nitrogens with zero attached hydrogens (tertiary/aromatic N) is 3. The van der Waals surface area contributed by atoms with Crippen molar-refractivity contribution >= 4 is 0 Å². The zero-order valence-corrected chi connectivity index (χ0v) is 10.3. The van der Waals surface area contributed by atoms with Gasteiger partial charge in [0.15, 0.2) is 0 Å². The molecule has 1 rings (SSSR count). The van der Waals surface area contributed by atoms with Crippen molar-refractivity contribution < 1.29 is 0 Å². The SMILES string of the molecule is CCCC[C@H](N=[N+]=[N-])C(N)Cc1ccccc1. The first-order valence-corrected chi connectivity index (χ1v) is 6.11. The molecule has 0 saturated heterocycles. The number of hydrogen-bond donors (Lipinski definition) is 1. The van der Waals surface area contributed by atoms with Crippen LogP contribution in [-0.2, 0) is 6.42 Å². The minimum absolute atomic E-state index is 0.0971. The first kappa shape index (κ1) is 13.6. The van der Waals surface area contributed by atoms with Gasteiger partial charge in [0.1, 0.15) is 0 Å². The van der Waals surface area contributed by atoms with Crippen LogP contribution >= 0.6 is 0 Å². The van der Waals surface area contributed by atoms with Crippen molar-refractivity contribution in [3.8, 4) is 0 Å². The fraction of sp³-hybridized carbons (Fsp3) is 0.538. The number of azide groups is 1. The van der Waals surface area contributed by atoms with Crippen molar-refractivity contribution in [1.29, 1.82) is 0 Å². The standard InChI is InChI=1S/C13H20N4/c1-2-3-9-13(16-17-15)12(14)10-11-7-5-4-6-8-11/h4-8,12-13H,2-3,9-10,14H2,1H3/t12?,13-/m0/s1. The lowest BCUT2D eigenvalue weighted by molar-refractivity contribution is 0.475. The van der Waals surface area contributed by atoms with Crippen molar-refractivity contribution in [2.75, 3.05) is 0 Å². The Balaban J connectivity index is 2.58. The van der Waals surface area contributed by atoms with Crippen molar-refractivity contribution in [2.24, 2.45) is 10.8 Å². The number of hydrogen-bond acceptors (Lipinski definition) is 2. The summed E-state index contributed by atoms with van der Waals surface area (Å²) in [4.78, 5) is 2.90. The quantitative estimate of drug-likeness (QED) is 0.436. The number of rotatable bonds is 7. The van der Waals surface area contributed by atoms with Gasteiger partial charge in [-0.15, -0.1) is 0 Å². The van der Waals surface area contributed by atoms with E-state index in [9.17, 15) is 0 Å². The summed E-state index contributed by atoms with van der Waals surface area (Å²) in [5, 5.41) is 3.81. The van der Waals surface area contributed by atoms with E-state index in [1.807, 2.05) is 30.3 Å². The maximum atomic E-state index is 8.55. The van der Waals surface area contributed by atoms with E-state index in [4.69, 9.17) is 11.3 Å². The Morgan fingerprint density at radius 3 is 2.65 bits per heavy atom. The lowest BCUT2D eigenvalue weighted by atomic mass is 9.97. The summed E-state index contributed by atoms with van der Waals surface area (Å²) in [7, 11) is 0. The smallest absolute Gasteiger partial charge is 0.0528 e. The number of benzene rings is 1. The van der Waals surface area contributed by atoms with Gasteiger partial charge >= 0.3 is 0 Å². The second-order valence-corrected chi connectivity index (χ2v) is 4.27. The Labute approximate surface area is 102 Å². The highest BCUT2D eigenvalue weighted by Crippen LogP contribution is 2.12. The maximum Gasteiger partial charge on any atom is 0.0528 e. The van der Waals surface area contributed by atoms with E-state index in [-0.39, 0.29) is 12.1 Å². The molecule has 4 heteroatoms. The van der Waals surface area contributed by atoms with Crippen molar-refractivity contribution in [3.63, 3.8) is 0 Å². The van der Waals surface area contributed by atoms with Gasteiger partial charge in [0.05, 0.1) is 6.04 Å². The summed E-state index contributed by atoms with van der Waals surface area (Å²) in [6.45, 7) is 2.12. The van der Waals surface area contributed by atoms with Crippen LogP contribution in [0.15, 0.2) is 35.4 Å². The summed E-state index contributed by atoms with van der Waals surface area (Å²) >= 11 is 0. The van der Waals surface area contributed by atoms with Crippen molar-refractivity contribution in [3.05, 3.63) is 46.3 Å². The molecule has 0 fully saturated rings. The zero-order valence-electron chi connectivity index (χ0n) is 10.3. The van der Waals surface area contributed by atoms with Gasteiger partial charge in [-0.05, 0) is 23.9 Å². The predicted octanol–water partition coefficient (Wildman–Crippen LogP) is 3.43. The third-order valence-corrected chi connectivity index (χ3v) is 2.86. The Hall–Kier alpha value is -1.51. The van der Waals surface area contributed by atoms with E-state index in [0.717, 1.165) is 25.7 Å². The van der Waals surface area contributed by atoms with Crippen LogP contribution in [0.4, 0.5) is 0 Å². The summed E-state index contributed by atoms with van der Waals surface area (Å²) < 4.78 is 0. The average Bonchev–Trinajstić information content (AvgIpc) is 2.35. The van der Waals surface area contributed by atoms with Gasteiger partial charge < -0.3 is 5.73 Å². The van der Waals surface area contributed by atoms with E-state index in [2.05, 4.69) is 16.9 Å². The van der Waals surface area contributed by atoms with E-state index in [1.165, 1.54) is 5.56 Å². The maximum absolute atomic E-state index is 8.55. The van der Waals surface area contributed by atoms with Crippen LogP contribution in [0.1, 0.15) is 31.7 Å². The largest absolute Gasteiger partial charge is 0.327 e. The molecular formula is C13H20N4. The predicted molar refractivity (Wildman–Crippen MR) is 70.6 cm³/mol. The Kier molecular flexibility index (Phi) is 6.15. The molecule has 0 heterocycles. The highest BCUT2D eigenvalue weighted by molar-refractivity contribution is 5.16. The molecule has 4 nitrogen and oxygen atoms in total. The molecule has 0 aliphatic carbocycles. The van der Waals surface area contributed by atoms with Crippen LogP contribution in [0.3, 0.4) is 0 Å². The highest BCUT2D eigenvalue weighted by atomic mass is 15.2. The second kappa shape index (κ2) is 7.71. The average molecular weight is 232 g/mol. The fourth-order valence-corrected chi connectivity index (χ4v) is 1.86. The summed E-state index contributed by atoms with van der Waals surface area (Å²) in [6, 6.07) is 9.88. The topological polar surface area (TPSA) is 74.8 Å². The first-order valence-electron chi connectivity index (χ1n) is 6.11. The molecule has 2 atom stereocenters. The van der Waals surface area contributed by atoms with Crippen LogP contribution in [0.25, 0.3) is 10.4 Å². The fourth-order valence-electron chi connectivity index (χ4n) is 1.86. The molecule has 2 N–H and O–H groups in total. The molecule has 1 aromatic rings. The monoisotopic (exact) mass is 232 g/mol. The molecule has 0 saturated carbocycles. The van der Waals surface area contributed by atoms with Crippen LogP contribution in [0.2, 0.25) is 0 Å². The molecule has 0 aliphatic heterocycles. The van der Waals surface area contributed by atoms with Gasteiger partial charge in [-0.2, -0.15) is 0 Å². The van der Waals surface area contributed by atoms with E-state index < -0.39 is 0 Å². The van der Waals surface area contributed by atoms with E-state index in [1.54, 1.807) is 0 Å². The molecule has 92 valence electrons. The van der Waals surface area contributed by atoms with Crippen molar-refractivity contribution in [2.45, 2.75) is 44.7 Å². The van der Waals surface area contributed by atoms with Crippen LogP contribution in [0, 0.1) is 0 Å². The molecule has 0 amide bonds. The third kappa shape index (κ3) is 4.89. The van der Waals surface area contributed by atoms with Crippen LogP contribution < -0.4 is 5.73 Å². The van der Waals surface area contributed by atoms with E-state index in [0.29, 0.717) is 0 Å². The molecular weight excluding hydrogens is 212 g/mol. The molecule has 1 aromatic carbocycles. The summed E-state index contributed by atoms with van der Waals surface area (Å²) in [6.07, 6.45) is 3.77. The normalized spacial score (nSPS) is 13.8. The Morgan fingerprint density at radius 2 is 2.06 bits per heavy atom. The third-order valence-electron chi connectivity index (χ3n) is 2.86. The lowest BCUT2D eigenvalue weighted by Crippen LogP contribution is -2.35. The molecule has 0 radical (unpaired) electrons. The Morgan fingerprint density at radius 1 is 1.35 bits per heavy atom. The van der Waals surface area contributed by atoms with Gasteiger partial charge in [-0.1, -0.05) is 55.2 Å². The number of nitrogens with two attached hydrogens (primary N) is 1. The van der Waals surface area contributed by atoms with Crippen molar-refractivity contribution in [1.82, 2.24) is 0 Å². The molecule has 0 aromatic heterocycles. The minimum atomic E-state index is -0.0974. The zero-order chi connectivity index (χ0) is 12.5.